The number of cyclic esters (lactones) is 2. The van der Waals surface area contributed by atoms with Gasteiger partial charge in [0.05, 0.1) is 12.3 Å². The lowest BCUT2D eigenvalue weighted by Gasteiger charge is -2.20. The van der Waals surface area contributed by atoms with Crippen LogP contribution in [-0.2, 0) is 29.4 Å². The number of hydrogen-bond acceptors (Lipinski definition) is 8. The van der Waals surface area contributed by atoms with Crippen molar-refractivity contribution in [2.45, 2.75) is 45.3 Å². The van der Waals surface area contributed by atoms with Crippen molar-refractivity contribution in [3.8, 4) is 0 Å². The molecule has 3 heterocycles. The van der Waals surface area contributed by atoms with Crippen LogP contribution in [0.5, 0.6) is 0 Å². The zero-order valence-electron chi connectivity index (χ0n) is 15.9. The number of ether oxygens (including phenoxy) is 3. The minimum Gasteiger partial charge on any atom is -0.459 e. The second-order valence-corrected chi connectivity index (χ2v) is 8.61. The maximum absolute atomic E-state index is 12.7. The van der Waals surface area contributed by atoms with E-state index in [1.54, 1.807) is 13.0 Å². The van der Waals surface area contributed by atoms with Gasteiger partial charge in [-0.25, -0.2) is 4.98 Å². The summed E-state index contributed by atoms with van der Waals surface area (Å²) in [6.45, 7) is 11.0. The SMILES string of the molecule is C=CCNc1nc([C@@]2(C)C[C@@]3(C[C@H](COCC(C)C)OC3=O)C(=O)O2)cs1. The smallest absolute Gasteiger partial charge is 0.324 e. The van der Waals surface area contributed by atoms with Crippen molar-refractivity contribution in [1.82, 2.24) is 4.98 Å². The van der Waals surface area contributed by atoms with Crippen LogP contribution in [0.15, 0.2) is 18.0 Å². The summed E-state index contributed by atoms with van der Waals surface area (Å²) >= 11 is 1.42. The lowest BCUT2D eigenvalue weighted by Crippen LogP contribution is -2.32. The van der Waals surface area contributed by atoms with E-state index >= 15 is 0 Å². The molecule has 2 fully saturated rings. The summed E-state index contributed by atoms with van der Waals surface area (Å²) in [6, 6.07) is 0. The molecule has 2 aliphatic heterocycles. The van der Waals surface area contributed by atoms with Gasteiger partial charge in [0.1, 0.15) is 6.10 Å². The van der Waals surface area contributed by atoms with Crippen molar-refractivity contribution in [3.63, 3.8) is 0 Å². The Balaban J connectivity index is 1.71. The van der Waals surface area contributed by atoms with Crippen molar-refractivity contribution in [2.24, 2.45) is 11.3 Å². The molecule has 0 unspecified atom stereocenters. The number of rotatable bonds is 8. The topological polar surface area (TPSA) is 86.8 Å². The van der Waals surface area contributed by atoms with Crippen molar-refractivity contribution < 1.29 is 23.8 Å². The Labute approximate surface area is 163 Å². The number of thiazole rings is 1. The molecule has 8 heteroatoms. The van der Waals surface area contributed by atoms with E-state index in [0.29, 0.717) is 31.4 Å². The maximum Gasteiger partial charge on any atom is 0.324 e. The highest BCUT2D eigenvalue weighted by atomic mass is 32.1. The van der Waals surface area contributed by atoms with E-state index in [1.165, 1.54) is 11.3 Å². The number of anilines is 1. The lowest BCUT2D eigenvalue weighted by molar-refractivity contribution is -0.160. The number of nitrogens with zero attached hydrogens (tertiary/aromatic N) is 1. The summed E-state index contributed by atoms with van der Waals surface area (Å²) in [5.41, 5.74) is -1.58. The van der Waals surface area contributed by atoms with E-state index in [9.17, 15) is 9.59 Å². The molecule has 1 aromatic rings. The van der Waals surface area contributed by atoms with Crippen molar-refractivity contribution in [3.05, 3.63) is 23.7 Å². The molecule has 7 nitrogen and oxygen atoms in total. The molecule has 3 atom stereocenters. The Morgan fingerprint density at radius 2 is 2.26 bits per heavy atom. The van der Waals surface area contributed by atoms with E-state index < -0.39 is 29.1 Å². The fourth-order valence-electron chi connectivity index (χ4n) is 3.50. The highest BCUT2D eigenvalue weighted by Crippen LogP contribution is 2.52. The summed E-state index contributed by atoms with van der Waals surface area (Å²) in [7, 11) is 0. The number of carbonyl (C=O) groups excluding carboxylic acids is 2. The average molecular weight is 394 g/mol. The Morgan fingerprint density at radius 3 is 2.96 bits per heavy atom. The third-order valence-electron chi connectivity index (χ3n) is 4.79. The Kier molecular flexibility index (Phi) is 5.58. The monoisotopic (exact) mass is 394 g/mol. The Morgan fingerprint density at radius 1 is 1.48 bits per heavy atom. The molecule has 0 amide bonds. The van der Waals surface area contributed by atoms with Crippen LogP contribution in [0.3, 0.4) is 0 Å². The van der Waals surface area contributed by atoms with Crippen molar-refractivity contribution >= 4 is 28.4 Å². The third-order valence-corrected chi connectivity index (χ3v) is 5.59. The normalized spacial score (nSPS) is 30.0. The van der Waals surface area contributed by atoms with Crippen LogP contribution in [-0.4, -0.2) is 42.8 Å². The van der Waals surface area contributed by atoms with E-state index in [0.717, 1.165) is 5.13 Å². The first-order valence-electron chi connectivity index (χ1n) is 9.12. The van der Waals surface area contributed by atoms with Crippen LogP contribution in [0.25, 0.3) is 0 Å². The van der Waals surface area contributed by atoms with Gasteiger partial charge in [-0.05, 0) is 12.8 Å². The molecular formula is C19H26N2O5S. The molecule has 1 N–H and O–H groups in total. The molecule has 27 heavy (non-hydrogen) atoms. The van der Waals surface area contributed by atoms with Crippen molar-refractivity contribution in [2.75, 3.05) is 25.1 Å². The van der Waals surface area contributed by atoms with Crippen molar-refractivity contribution in [1.29, 1.82) is 0 Å². The predicted molar refractivity (Wildman–Crippen MR) is 101 cm³/mol. The van der Waals surface area contributed by atoms with E-state index in [2.05, 4.69) is 16.9 Å². The van der Waals surface area contributed by atoms with Gasteiger partial charge in [-0.3, -0.25) is 9.59 Å². The van der Waals surface area contributed by atoms with Gasteiger partial charge in [0.15, 0.2) is 16.1 Å². The lowest BCUT2D eigenvalue weighted by atomic mass is 9.78. The summed E-state index contributed by atoms with van der Waals surface area (Å²) in [4.78, 5) is 29.8. The fraction of sp³-hybridized carbons (Fsp3) is 0.632. The second kappa shape index (κ2) is 7.59. The summed E-state index contributed by atoms with van der Waals surface area (Å²) in [5, 5.41) is 5.68. The third kappa shape index (κ3) is 3.87. The number of nitrogens with one attached hydrogen (secondary N) is 1. The van der Waals surface area contributed by atoms with Gasteiger partial charge in [-0.15, -0.1) is 17.9 Å². The van der Waals surface area contributed by atoms with Gasteiger partial charge in [-0.1, -0.05) is 19.9 Å². The first-order chi connectivity index (χ1) is 12.8. The minimum absolute atomic E-state index is 0.225. The summed E-state index contributed by atoms with van der Waals surface area (Å²) < 4.78 is 16.7. The number of carbonyl (C=O) groups is 2. The van der Waals surface area contributed by atoms with Crippen LogP contribution in [0.4, 0.5) is 5.13 Å². The van der Waals surface area contributed by atoms with Gasteiger partial charge in [-0.2, -0.15) is 0 Å². The largest absolute Gasteiger partial charge is 0.459 e. The summed E-state index contributed by atoms with van der Waals surface area (Å²) in [5.74, 6) is -0.658. The quantitative estimate of drug-likeness (QED) is 0.412. The molecule has 0 bridgehead atoms. The number of aromatic nitrogens is 1. The van der Waals surface area contributed by atoms with E-state index in [4.69, 9.17) is 14.2 Å². The molecule has 0 radical (unpaired) electrons. The molecule has 0 saturated carbocycles. The van der Waals surface area contributed by atoms with Gasteiger partial charge >= 0.3 is 11.9 Å². The zero-order valence-corrected chi connectivity index (χ0v) is 16.8. The first-order valence-corrected chi connectivity index (χ1v) is 10.00. The van der Waals surface area contributed by atoms with Crippen LogP contribution >= 0.6 is 11.3 Å². The van der Waals surface area contributed by atoms with Crippen LogP contribution < -0.4 is 5.32 Å². The van der Waals surface area contributed by atoms with Gasteiger partial charge in [0.25, 0.3) is 0 Å². The standard InChI is InChI=1S/C19H26N2O5S/c1-5-6-20-17-21-14(10-27-17)18(4)11-19(16(23)26-18)7-13(25-15(19)22)9-24-8-12(2)3/h5,10,12-13H,1,6-9,11H2,2-4H3,(H,20,21)/t13-,18-,19-/m1/s1. The molecule has 1 spiro atoms. The van der Waals surface area contributed by atoms with Crippen LogP contribution in [0.1, 0.15) is 39.3 Å². The van der Waals surface area contributed by atoms with Crippen LogP contribution in [0.2, 0.25) is 0 Å². The molecule has 0 aliphatic carbocycles. The van der Waals surface area contributed by atoms with Gasteiger partial charge < -0.3 is 19.5 Å². The van der Waals surface area contributed by atoms with Gasteiger partial charge in [0.2, 0.25) is 0 Å². The molecule has 2 aliphatic rings. The average Bonchev–Trinajstić information content (AvgIpc) is 3.25. The number of hydrogen-bond donors (Lipinski definition) is 1. The summed E-state index contributed by atoms with van der Waals surface area (Å²) in [6.07, 6.45) is 1.82. The minimum atomic E-state index is -1.26. The second-order valence-electron chi connectivity index (χ2n) is 7.75. The molecule has 3 rings (SSSR count). The molecule has 2 saturated heterocycles. The maximum atomic E-state index is 12.7. The number of esters is 2. The Hall–Kier alpha value is -1.93. The predicted octanol–water partition coefficient (Wildman–Crippen LogP) is 2.88. The first kappa shape index (κ1) is 19.8. The Bertz CT molecular complexity index is 733. The van der Waals surface area contributed by atoms with E-state index in [-0.39, 0.29) is 12.8 Å². The van der Waals surface area contributed by atoms with Gasteiger partial charge in [0, 0.05) is 31.4 Å². The highest BCUT2D eigenvalue weighted by Gasteiger charge is 2.65. The molecular weight excluding hydrogens is 368 g/mol. The molecule has 1 aromatic heterocycles. The zero-order chi connectivity index (χ0) is 19.7. The van der Waals surface area contributed by atoms with Crippen LogP contribution in [0, 0.1) is 11.3 Å². The highest BCUT2D eigenvalue weighted by molar-refractivity contribution is 7.13. The fourth-order valence-corrected chi connectivity index (χ4v) is 4.35. The van der Waals surface area contributed by atoms with E-state index in [1.807, 2.05) is 19.2 Å². The molecule has 0 aromatic carbocycles. The molecule has 148 valence electrons.